The number of anilines is 1. The van der Waals surface area contributed by atoms with Crippen LogP contribution < -0.4 is 9.64 Å². The number of aromatic amines is 1. The van der Waals surface area contributed by atoms with E-state index in [1.165, 1.54) is 0 Å². The Kier molecular flexibility index (Phi) is 4.16. The van der Waals surface area contributed by atoms with Gasteiger partial charge in [0.2, 0.25) is 5.95 Å². The molecule has 6 heteroatoms. The Morgan fingerprint density at radius 2 is 2.00 bits per heavy atom. The number of ether oxygens (including phenoxy) is 1. The topological polar surface area (TPSA) is 70.6 Å². The van der Waals surface area contributed by atoms with Crippen LogP contribution in [0.15, 0.2) is 47.5 Å². The molecule has 1 aromatic heterocycles. The Morgan fingerprint density at radius 1 is 1.19 bits per heavy atom. The lowest BCUT2D eigenvalue weighted by molar-refractivity contribution is -0.127. The number of hydrogen-bond acceptors (Lipinski definition) is 5. The first-order valence-corrected chi connectivity index (χ1v) is 8.80. The quantitative estimate of drug-likeness (QED) is 0.577. The van der Waals surface area contributed by atoms with E-state index in [9.17, 15) is 4.79 Å². The summed E-state index contributed by atoms with van der Waals surface area (Å²) < 4.78 is 5.53. The molecule has 2 heterocycles. The van der Waals surface area contributed by atoms with Gasteiger partial charge in [0.05, 0.1) is 11.0 Å². The largest absolute Gasteiger partial charge is 0.422 e. The molecule has 0 spiro atoms. The van der Waals surface area contributed by atoms with E-state index in [0.29, 0.717) is 23.8 Å². The van der Waals surface area contributed by atoms with Crippen LogP contribution in [0.3, 0.4) is 0 Å². The molecule has 0 saturated carbocycles. The fourth-order valence-electron chi connectivity index (χ4n) is 3.19. The maximum Gasteiger partial charge on any atom is 0.358 e. The number of benzene rings is 2. The van der Waals surface area contributed by atoms with E-state index in [2.05, 4.69) is 39.8 Å². The van der Waals surface area contributed by atoms with Crippen LogP contribution in [0.2, 0.25) is 0 Å². The minimum atomic E-state index is -0.422. The molecule has 4 rings (SSSR count). The summed E-state index contributed by atoms with van der Waals surface area (Å²) in [6.45, 7) is 6.02. The molecule has 1 N–H and O–H groups in total. The number of H-pyrrole nitrogens is 1. The normalized spacial score (nSPS) is 15.2. The Morgan fingerprint density at radius 3 is 2.77 bits per heavy atom. The molecule has 2 aromatic carbocycles. The number of para-hydroxylation sites is 2. The van der Waals surface area contributed by atoms with Crippen LogP contribution in [0.1, 0.15) is 19.4 Å². The van der Waals surface area contributed by atoms with E-state index >= 15 is 0 Å². The van der Waals surface area contributed by atoms with E-state index < -0.39 is 5.97 Å². The van der Waals surface area contributed by atoms with E-state index in [-0.39, 0.29) is 0 Å². The van der Waals surface area contributed by atoms with Gasteiger partial charge in [-0.15, -0.1) is 0 Å². The molecule has 0 bridgehead atoms. The second kappa shape index (κ2) is 6.63. The highest BCUT2D eigenvalue weighted by Crippen LogP contribution is 2.30. The van der Waals surface area contributed by atoms with Crippen molar-refractivity contribution < 1.29 is 9.53 Å². The van der Waals surface area contributed by atoms with E-state index in [1.807, 2.05) is 36.4 Å². The molecule has 3 aromatic rings. The molecule has 0 amide bonds. The van der Waals surface area contributed by atoms with Crippen LogP contribution >= 0.6 is 0 Å². The third kappa shape index (κ3) is 2.94. The van der Waals surface area contributed by atoms with E-state index in [4.69, 9.17) is 4.74 Å². The van der Waals surface area contributed by atoms with Gasteiger partial charge in [-0.3, -0.25) is 0 Å². The molecule has 1 aliphatic heterocycles. The Balaban J connectivity index is 1.64. The van der Waals surface area contributed by atoms with Crippen LogP contribution in [0, 0.1) is 0 Å². The van der Waals surface area contributed by atoms with Crippen molar-refractivity contribution in [2.45, 2.75) is 20.3 Å². The molecule has 0 fully saturated rings. The maximum absolute atomic E-state index is 12.4. The molecule has 132 valence electrons. The molecular formula is C20H20N4O2. The Labute approximate surface area is 151 Å². The number of carbonyl (C=O) groups is 1. The molecule has 0 unspecified atom stereocenters. The molecule has 0 atom stereocenters. The average molecular weight is 348 g/mol. The van der Waals surface area contributed by atoms with Gasteiger partial charge in [-0.1, -0.05) is 18.2 Å². The first-order valence-electron chi connectivity index (χ1n) is 8.80. The summed E-state index contributed by atoms with van der Waals surface area (Å²) in [7, 11) is 0. The van der Waals surface area contributed by atoms with Gasteiger partial charge in [0.15, 0.2) is 0 Å². The SMILES string of the molecule is CCN(CC)c1ccc2c(c1)OC(=O)C(=Nc1nc3ccccc3[nH]1)C2. The number of imidazole rings is 1. The van der Waals surface area contributed by atoms with Crippen LogP contribution in [0.5, 0.6) is 5.75 Å². The summed E-state index contributed by atoms with van der Waals surface area (Å²) in [5.74, 6) is 0.610. The first kappa shape index (κ1) is 16.3. The van der Waals surface area contributed by atoms with Gasteiger partial charge < -0.3 is 14.6 Å². The minimum Gasteiger partial charge on any atom is -0.422 e. The number of nitrogens with zero attached hydrogens (tertiary/aromatic N) is 3. The molecule has 0 aliphatic carbocycles. The number of carbonyl (C=O) groups excluding carboxylic acids is 1. The van der Waals surface area contributed by atoms with Crippen LogP contribution in [-0.2, 0) is 11.2 Å². The van der Waals surface area contributed by atoms with Gasteiger partial charge in [0.1, 0.15) is 11.5 Å². The van der Waals surface area contributed by atoms with Gasteiger partial charge in [0.25, 0.3) is 0 Å². The second-order valence-electron chi connectivity index (χ2n) is 6.17. The van der Waals surface area contributed by atoms with Crippen LogP contribution in [0.4, 0.5) is 11.6 Å². The lowest BCUT2D eigenvalue weighted by Gasteiger charge is -2.24. The first-order chi connectivity index (χ1) is 12.7. The molecule has 6 nitrogen and oxygen atoms in total. The Hall–Kier alpha value is -3.15. The highest BCUT2D eigenvalue weighted by Gasteiger charge is 2.25. The van der Waals surface area contributed by atoms with Gasteiger partial charge in [-0.05, 0) is 32.0 Å². The van der Waals surface area contributed by atoms with Crippen molar-refractivity contribution in [3.8, 4) is 5.75 Å². The lowest BCUT2D eigenvalue weighted by Crippen LogP contribution is -2.28. The summed E-state index contributed by atoms with van der Waals surface area (Å²) in [6.07, 6.45) is 0.434. The van der Waals surface area contributed by atoms with E-state index in [0.717, 1.165) is 35.4 Å². The number of nitrogens with one attached hydrogen (secondary N) is 1. The number of rotatable bonds is 4. The van der Waals surface area contributed by atoms with Crippen molar-refractivity contribution in [2.24, 2.45) is 4.99 Å². The summed E-state index contributed by atoms with van der Waals surface area (Å²) in [6, 6.07) is 13.7. The predicted octanol–water partition coefficient (Wildman–Crippen LogP) is 3.64. The fourth-order valence-corrected chi connectivity index (χ4v) is 3.19. The number of aliphatic imine (C=N–C) groups is 1. The predicted molar refractivity (Wildman–Crippen MR) is 103 cm³/mol. The van der Waals surface area contributed by atoms with Crippen molar-refractivity contribution in [3.63, 3.8) is 0 Å². The summed E-state index contributed by atoms with van der Waals surface area (Å²) in [5, 5.41) is 0. The number of esters is 1. The van der Waals surface area contributed by atoms with Gasteiger partial charge in [0, 0.05) is 36.8 Å². The van der Waals surface area contributed by atoms with Crippen molar-refractivity contribution in [1.82, 2.24) is 9.97 Å². The molecule has 26 heavy (non-hydrogen) atoms. The Bertz CT molecular complexity index is 969. The van der Waals surface area contributed by atoms with Crippen LogP contribution in [0.25, 0.3) is 11.0 Å². The molecule has 0 radical (unpaired) electrons. The summed E-state index contributed by atoms with van der Waals surface area (Å²) in [4.78, 5) is 26.5. The molecule has 0 saturated heterocycles. The van der Waals surface area contributed by atoms with E-state index in [1.54, 1.807) is 0 Å². The minimum absolute atomic E-state index is 0.354. The standard InChI is InChI=1S/C20H20N4O2/c1-3-24(4-2)14-10-9-13-11-17(19(25)26-18(13)12-14)23-20-21-15-7-5-6-8-16(15)22-20/h5-10,12H,3-4,11H2,1-2H3,(H,21,22). The number of fused-ring (bicyclic) bond motifs is 2. The summed E-state index contributed by atoms with van der Waals surface area (Å²) >= 11 is 0. The second-order valence-corrected chi connectivity index (χ2v) is 6.17. The monoisotopic (exact) mass is 348 g/mol. The highest BCUT2D eigenvalue weighted by atomic mass is 16.5. The fraction of sp³-hybridized carbons (Fsp3) is 0.250. The highest BCUT2D eigenvalue weighted by molar-refractivity contribution is 6.38. The van der Waals surface area contributed by atoms with Crippen molar-refractivity contribution in [3.05, 3.63) is 48.0 Å². The third-order valence-electron chi connectivity index (χ3n) is 4.59. The average Bonchev–Trinajstić information content (AvgIpc) is 3.06. The summed E-state index contributed by atoms with van der Waals surface area (Å²) in [5.41, 5.74) is 4.07. The zero-order chi connectivity index (χ0) is 18.1. The van der Waals surface area contributed by atoms with Crippen molar-refractivity contribution in [1.29, 1.82) is 0 Å². The lowest BCUT2D eigenvalue weighted by atomic mass is 10.0. The third-order valence-corrected chi connectivity index (χ3v) is 4.59. The van der Waals surface area contributed by atoms with Gasteiger partial charge >= 0.3 is 5.97 Å². The van der Waals surface area contributed by atoms with Crippen molar-refractivity contribution in [2.75, 3.05) is 18.0 Å². The molecular weight excluding hydrogens is 328 g/mol. The zero-order valence-electron chi connectivity index (χ0n) is 14.8. The molecule has 1 aliphatic rings. The van der Waals surface area contributed by atoms with Gasteiger partial charge in [-0.2, -0.15) is 0 Å². The smallest absolute Gasteiger partial charge is 0.358 e. The number of hydrogen-bond donors (Lipinski definition) is 1. The van der Waals surface area contributed by atoms with Crippen molar-refractivity contribution >= 4 is 34.4 Å². The maximum atomic E-state index is 12.4. The van der Waals surface area contributed by atoms with Crippen LogP contribution in [-0.4, -0.2) is 34.7 Å². The zero-order valence-corrected chi connectivity index (χ0v) is 14.8. The van der Waals surface area contributed by atoms with Gasteiger partial charge in [-0.25, -0.2) is 14.8 Å². The number of aromatic nitrogens is 2.